The number of aliphatic hydroxyl groups is 1. The summed E-state index contributed by atoms with van der Waals surface area (Å²) >= 11 is 0. The van der Waals surface area contributed by atoms with E-state index in [4.69, 9.17) is 4.98 Å². The Balaban J connectivity index is 1.44. The quantitative estimate of drug-likeness (QED) is 0.373. The second-order valence-electron chi connectivity index (χ2n) is 9.24. The van der Waals surface area contributed by atoms with Gasteiger partial charge in [-0.1, -0.05) is 12.1 Å². The van der Waals surface area contributed by atoms with E-state index in [9.17, 15) is 9.90 Å². The Hall–Kier alpha value is -3.82. The summed E-state index contributed by atoms with van der Waals surface area (Å²) in [6, 6.07) is 9.93. The number of allylic oxidation sites excluding steroid dienone is 1. The summed E-state index contributed by atoms with van der Waals surface area (Å²) in [7, 11) is 0. The van der Waals surface area contributed by atoms with Gasteiger partial charge in [0.2, 0.25) is 5.95 Å². The van der Waals surface area contributed by atoms with E-state index in [2.05, 4.69) is 39.3 Å². The predicted octanol–water partition coefficient (Wildman–Crippen LogP) is 2.92. The number of anilines is 2. The monoisotopic (exact) mass is 469 g/mol. The van der Waals surface area contributed by atoms with Gasteiger partial charge >= 0.3 is 0 Å². The van der Waals surface area contributed by atoms with Gasteiger partial charge < -0.3 is 15.7 Å². The van der Waals surface area contributed by atoms with Gasteiger partial charge in [0, 0.05) is 24.6 Å². The molecule has 3 aromatic heterocycles. The van der Waals surface area contributed by atoms with Crippen molar-refractivity contribution in [3.05, 3.63) is 82.6 Å². The first kappa shape index (κ1) is 21.7. The lowest BCUT2D eigenvalue weighted by molar-refractivity contribution is -0.0426. The lowest BCUT2D eigenvalue weighted by atomic mass is 9.77. The van der Waals surface area contributed by atoms with Crippen molar-refractivity contribution in [3.8, 4) is 5.69 Å². The van der Waals surface area contributed by atoms with E-state index < -0.39 is 5.60 Å². The summed E-state index contributed by atoms with van der Waals surface area (Å²) in [5, 5.41) is 17.9. The molecule has 2 aliphatic rings. The number of aromatic nitrogens is 5. The molecule has 1 aliphatic heterocycles. The van der Waals surface area contributed by atoms with Gasteiger partial charge in [-0.15, -0.1) is 6.58 Å². The summed E-state index contributed by atoms with van der Waals surface area (Å²) in [4.78, 5) is 26.8. The third kappa shape index (κ3) is 3.73. The van der Waals surface area contributed by atoms with E-state index in [0.717, 1.165) is 31.6 Å². The first-order valence-corrected chi connectivity index (χ1v) is 11.9. The van der Waals surface area contributed by atoms with Gasteiger partial charge in [0.05, 0.1) is 17.9 Å². The number of benzene rings is 1. The third-order valence-corrected chi connectivity index (χ3v) is 6.97. The van der Waals surface area contributed by atoms with E-state index in [1.807, 2.05) is 18.2 Å². The highest BCUT2D eigenvalue weighted by molar-refractivity contribution is 5.77. The molecule has 9 nitrogen and oxygen atoms in total. The second kappa shape index (κ2) is 8.44. The van der Waals surface area contributed by atoms with Crippen molar-refractivity contribution >= 4 is 22.7 Å². The van der Waals surface area contributed by atoms with Crippen LogP contribution in [-0.4, -0.2) is 36.0 Å². The molecule has 0 bridgehead atoms. The molecule has 1 fully saturated rings. The maximum absolute atomic E-state index is 13.2. The summed E-state index contributed by atoms with van der Waals surface area (Å²) in [5.74, 6) is 0.401. The van der Waals surface area contributed by atoms with Crippen molar-refractivity contribution in [2.75, 3.05) is 11.9 Å². The molecule has 4 aromatic rings. The zero-order valence-electron chi connectivity index (χ0n) is 19.4. The normalized spacial score (nSPS) is 16.5. The summed E-state index contributed by atoms with van der Waals surface area (Å²) in [6.07, 6.45) is 8.25. The van der Waals surface area contributed by atoms with Crippen LogP contribution in [0.25, 0.3) is 16.7 Å². The molecule has 6 rings (SSSR count). The van der Waals surface area contributed by atoms with Crippen molar-refractivity contribution < 1.29 is 5.11 Å². The minimum absolute atomic E-state index is 0.202. The number of hydrogen-bond donors (Lipinski definition) is 3. The topological polar surface area (TPSA) is 110 Å². The Morgan fingerprint density at radius 2 is 2.09 bits per heavy atom. The number of fused-ring (bicyclic) bond motifs is 2. The first-order valence-electron chi connectivity index (χ1n) is 11.9. The smallest absolute Gasteiger partial charge is 0.278 e. The molecule has 3 N–H and O–H groups in total. The van der Waals surface area contributed by atoms with Crippen molar-refractivity contribution in [3.63, 3.8) is 0 Å². The molecule has 0 radical (unpaired) electrons. The predicted molar refractivity (Wildman–Crippen MR) is 134 cm³/mol. The van der Waals surface area contributed by atoms with Crippen LogP contribution in [-0.2, 0) is 25.1 Å². The Morgan fingerprint density at radius 1 is 1.20 bits per heavy atom. The lowest BCUT2D eigenvalue weighted by Crippen LogP contribution is -2.34. The van der Waals surface area contributed by atoms with Crippen molar-refractivity contribution in [2.45, 2.75) is 44.4 Å². The molecule has 35 heavy (non-hydrogen) atoms. The number of nitrogens with zero attached hydrogens (tertiary/aromatic N) is 5. The van der Waals surface area contributed by atoms with Gasteiger partial charge in [0.15, 0.2) is 5.65 Å². The standard InChI is InChI=1S/C26H27N7O2/c1-2-12-32-24(34)21-16-29-25(30-19-5-4-17-6-10-27-15-18(17)13-19)31-23(21)33(32)20-7-11-28-22(14-20)26(35)8-3-9-26/h2,4-5,7,11,13-14,16,27,35H,1,3,6,8-10,12,15H2,(H,29,30,31). The molecular weight excluding hydrogens is 442 g/mol. The Morgan fingerprint density at radius 3 is 2.89 bits per heavy atom. The van der Waals surface area contributed by atoms with Crippen LogP contribution in [0.4, 0.5) is 11.6 Å². The number of rotatable bonds is 6. The fourth-order valence-electron chi connectivity index (χ4n) is 4.90. The van der Waals surface area contributed by atoms with Crippen LogP contribution in [0.15, 0.2) is 60.2 Å². The molecule has 4 heterocycles. The van der Waals surface area contributed by atoms with E-state index in [1.54, 1.807) is 27.8 Å². The van der Waals surface area contributed by atoms with Gasteiger partial charge in [0.25, 0.3) is 5.56 Å². The van der Waals surface area contributed by atoms with Crippen molar-refractivity contribution in [1.82, 2.24) is 29.6 Å². The van der Waals surface area contributed by atoms with Crippen LogP contribution in [0.3, 0.4) is 0 Å². The van der Waals surface area contributed by atoms with Gasteiger partial charge in [-0.3, -0.25) is 9.78 Å². The van der Waals surface area contributed by atoms with Crippen LogP contribution >= 0.6 is 0 Å². The van der Waals surface area contributed by atoms with E-state index in [-0.39, 0.29) is 5.56 Å². The zero-order chi connectivity index (χ0) is 24.0. The highest BCUT2D eigenvalue weighted by Gasteiger charge is 2.37. The van der Waals surface area contributed by atoms with Crippen molar-refractivity contribution in [1.29, 1.82) is 0 Å². The average Bonchev–Trinajstić information content (AvgIpc) is 3.13. The van der Waals surface area contributed by atoms with E-state index in [1.165, 1.54) is 11.1 Å². The molecule has 0 amide bonds. The minimum Gasteiger partial charge on any atom is -0.384 e. The van der Waals surface area contributed by atoms with E-state index >= 15 is 0 Å². The van der Waals surface area contributed by atoms with Crippen LogP contribution in [0.5, 0.6) is 0 Å². The van der Waals surface area contributed by atoms with Gasteiger partial charge in [-0.25, -0.2) is 14.3 Å². The van der Waals surface area contributed by atoms with Gasteiger partial charge in [-0.05, 0) is 67.6 Å². The highest BCUT2D eigenvalue weighted by atomic mass is 16.3. The van der Waals surface area contributed by atoms with Gasteiger partial charge in [-0.2, -0.15) is 4.98 Å². The van der Waals surface area contributed by atoms with Gasteiger partial charge in [0.1, 0.15) is 11.0 Å². The largest absolute Gasteiger partial charge is 0.384 e. The summed E-state index contributed by atoms with van der Waals surface area (Å²) < 4.78 is 3.33. The maximum atomic E-state index is 13.2. The molecular formula is C26H27N7O2. The molecule has 0 atom stereocenters. The summed E-state index contributed by atoms with van der Waals surface area (Å²) in [6.45, 7) is 5.95. The molecule has 178 valence electrons. The number of pyridine rings is 1. The fraction of sp³-hybridized carbons (Fsp3) is 0.308. The van der Waals surface area contributed by atoms with Crippen molar-refractivity contribution in [2.24, 2.45) is 0 Å². The SMILES string of the molecule is C=CCn1c(=O)c2cnc(Nc3ccc4c(c3)CNCC4)nc2n1-c1ccnc(C2(O)CCC2)c1. The van der Waals surface area contributed by atoms with Crippen LogP contribution in [0.2, 0.25) is 0 Å². The Kier molecular flexibility index (Phi) is 5.23. The van der Waals surface area contributed by atoms with E-state index in [0.29, 0.717) is 47.7 Å². The molecule has 1 aliphatic carbocycles. The molecule has 1 saturated carbocycles. The van der Waals surface area contributed by atoms with Crippen LogP contribution in [0.1, 0.15) is 36.1 Å². The molecule has 0 saturated heterocycles. The molecule has 0 unspecified atom stereocenters. The maximum Gasteiger partial charge on any atom is 0.278 e. The molecule has 0 spiro atoms. The highest BCUT2D eigenvalue weighted by Crippen LogP contribution is 2.40. The molecule has 1 aromatic carbocycles. The van der Waals surface area contributed by atoms with Crippen LogP contribution in [0, 0.1) is 0 Å². The fourth-order valence-corrected chi connectivity index (χ4v) is 4.90. The zero-order valence-corrected chi connectivity index (χ0v) is 19.4. The molecule has 9 heteroatoms. The minimum atomic E-state index is -0.911. The third-order valence-electron chi connectivity index (χ3n) is 6.97. The van der Waals surface area contributed by atoms with Crippen LogP contribution < -0.4 is 16.2 Å². The average molecular weight is 470 g/mol. The number of nitrogens with one attached hydrogen (secondary N) is 2. The lowest BCUT2D eigenvalue weighted by Gasteiger charge is -2.36. The Bertz CT molecular complexity index is 1500. The number of hydrogen-bond acceptors (Lipinski definition) is 7. The first-order chi connectivity index (χ1) is 17.1. The summed E-state index contributed by atoms with van der Waals surface area (Å²) in [5.41, 5.74) is 4.18. The Labute approximate surface area is 202 Å². The second-order valence-corrected chi connectivity index (χ2v) is 9.24.